The molecule has 0 saturated heterocycles. The van der Waals surface area contributed by atoms with Gasteiger partial charge in [-0.15, -0.1) is 0 Å². The van der Waals surface area contributed by atoms with Gasteiger partial charge in [-0.1, -0.05) is 23.8 Å². The van der Waals surface area contributed by atoms with Gasteiger partial charge in [0.1, 0.15) is 27.4 Å². The molecule has 6 rings (SSSR count). The Kier molecular flexibility index (Phi) is 7.43. The number of aryl methyl sites for hydroxylation is 1. The molecule has 5 aromatic rings. The van der Waals surface area contributed by atoms with Crippen LogP contribution in [0.3, 0.4) is 0 Å². The van der Waals surface area contributed by atoms with Crippen molar-refractivity contribution in [2.45, 2.75) is 24.0 Å². The molecular formula is C32H26O12S. The number of benzene rings is 4. The van der Waals surface area contributed by atoms with E-state index in [1.165, 1.54) is 43.5 Å². The highest BCUT2D eigenvalue weighted by molar-refractivity contribution is 7.87. The number of rotatable bonds is 7. The Morgan fingerprint density at radius 1 is 0.867 bits per heavy atom. The van der Waals surface area contributed by atoms with E-state index < -0.39 is 45.9 Å². The molecule has 2 atom stereocenters. The molecule has 4 N–H and O–H groups in total. The van der Waals surface area contributed by atoms with Gasteiger partial charge in [-0.25, -0.2) is 0 Å². The Labute approximate surface area is 256 Å². The van der Waals surface area contributed by atoms with Crippen molar-refractivity contribution >= 4 is 21.1 Å². The molecule has 1 aromatic heterocycles. The van der Waals surface area contributed by atoms with E-state index in [-0.39, 0.29) is 55.9 Å². The van der Waals surface area contributed by atoms with Gasteiger partial charge in [0.2, 0.25) is 11.2 Å². The van der Waals surface area contributed by atoms with E-state index in [2.05, 4.69) is 0 Å². The molecule has 45 heavy (non-hydrogen) atoms. The number of fused-ring (bicyclic) bond motifs is 2. The molecule has 2 heterocycles. The molecule has 0 fully saturated rings. The van der Waals surface area contributed by atoms with Crippen LogP contribution < -0.4 is 23.8 Å². The number of methoxy groups -OCH3 is 1. The monoisotopic (exact) mass is 634 g/mol. The zero-order chi connectivity index (χ0) is 32.0. The van der Waals surface area contributed by atoms with Gasteiger partial charge in [-0.2, -0.15) is 8.42 Å². The van der Waals surface area contributed by atoms with Crippen LogP contribution in [-0.2, 0) is 10.1 Å². The molecule has 0 unspecified atom stereocenters. The lowest BCUT2D eigenvalue weighted by Gasteiger charge is -2.33. The van der Waals surface area contributed by atoms with E-state index in [1.807, 2.05) is 0 Å². The van der Waals surface area contributed by atoms with Crippen LogP contribution in [0.4, 0.5) is 0 Å². The third kappa shape index (κ3) is 5.43. The lowest BCUT2D eigenvalue weighted by Crippen LogP contribution is -2.36. The summed E-state index contributed by atoms with van der Waals surface area (Å²) in [6.07, 6.45) is -1.65. The minimum atomic E-state index is -4.30. The smallest absolute Gasteiger partial charge is 0.339 e. The fourth-order valence-electron chi connectivity index (χ4n) is 4.95. The summed E-state index contributed by atoms with van der Waals surface area (Å²) in [5.74, 6) is -1.57. The van der Waals surface area contributed by atoms with Gasteiger partial charge < -0.3 is 43.2 Å². The van der Waals surface area contributed by atoms with E-state index >= 15 is 0 Å². The molecule has 0 bridgehead atoms. The molecule has 0 amide bonds. The molecule has 12 nitrogen and oxygen atoms in total. The summed E-state index contributed by atoms with van der Waals surface area (Å²) in [6, 6.07) is 17.0. The van der Waals surface area contributed by atoms with Crippen LogP contribution in [-0.4, -0.2) is 48.7 Å². The van der Waals surface area contributed by atoms with Crippen LogP contribution in [0.25, 0.3) is 22.3 Å². The van der Waals surface area contributed by atoms with E-state index in [0.717, 1.165) is 17.7 Å². The molecule has 4 aromatic carbocycles. The highest BCUT2D eigenvalue weighted by Gasteiger charge is 2.34. The van der Waals surface area contributed by atoms with E-state index in [4.69, 9.17) is 22.8 Å². The maximum absolute atomic E-state index is 13.1. The van der Waals surface area contributed by atoms with E-state index in [1.54, 1.807) is 31.2 Å². The topological polar surface area (TPSA) is 182 Å². The average Bonchev–Trinajstić information content (AvgIpc) is 3.02. The van der Waals surface area contributed by atoms with Crippen LogP contribution in [0.1, 0.15) is 17.2 Å². The summed E-state index contributed by atoms with van der Waals surface area (Å²) < 4.78 is 54.0. The van der Waals surface area contributed by atoms with Crippen molar-refractivity contribution in [3.05, 3.63) is 94.1 Å². The first-order chi connectivity index (χ1) is 21.5. The van der Waals surface area contributed by atoms with Crippen LogP contribution in [0.5, 0.6) is 40.2 Å². The zero-order valence-corrected chi connectivity index (χ0v) is 24.6. The second-order valence-corrected chi connectivity index (χ2v) is 11.8. The SMILES string of the molecule is COc1cc([C@H]2Oc3cc(-c4oc5cc(OS(=O)(=O)c6ccc(C)cc6)cc(O)c5c(=O)c4O)ccc3O[C@@H]2CO)ccc1O. The normalized spacial score (nSPS) is 16.0. The first-order valence-corrected chi connectivity index (χ1v) is 14.9. The quantitative estimate of drug-likeness (QED) is 0.184. The summed E-state index contributed by atoms with van der Waals surface area (Å²) in [4.78, 5) is 13.0. The Balaban J connectivity index is 1.39. The average molecular weight is 635 g/mol. The van der Waals surface area contributed by atoms with E-state index in [9.17, 15) is 33.6 Å². The molecular weight excluding hydrogens is 608 g/mol. The minimum absolute atomic E-state index is 0.0876. The lowest BCUT2D eigenvalue weighted by atomic mass is 10.0. The molecule has 0 spiro atoms. The molecule has 1 aliphatic rings. The Morgan fingerprint density at radius 3 is 2.33 bits per heavy atom. The van der Waals surface area contributed by atoms with Gasteiger partial charge in [0.25, 0.3) is 0 Å². The number of hydrogen-bond acceptors (Lipinski definition) is 12. The Bertz CT molecular complexity index is 2100. The highest BCUT2D eigenvalue weighted by Crippen LogP contribution is 2.44. The standard InChI is InChI=1S/C32H26O12S/c1-16-3-7-20(8-4-16)45(38,39)44-19-13-22(35)28-26(14-19)43-32(30(37)29(28)36)18-6-10-23-25(12-18)42-31(27(15-33)41-23)17-5-9-21(34)24(11-17)40-2/h3-14,27,31,33-35,37H,15H2,1-2H3/t27-,31-/m1/s1. The van der Waals surface area contributed by atoms with Crippen molar-refractivity contribution in [2.24, 2.45) is 0 Å². The van der Waals surface area contributed by atoms with E-state index in [0.29, 0.717) is 5.56 Å². The van der Waals surface area contributed by atoms with Gasteiger partial charge in [0.15, 0.2) is 41.0 Å². The molecule has 0 radical (unpaired) electrons. The van der Waals surface area contributed by atoms with Crippen molar-refractivity contribution in [1.29, 1.82) is 0 Å². The number of aliphatic hydroxyl groups excluding tert-OH is 1. The van der Waals surface area contributed by atoms with Crippen molar-refractivity contribution in [1.82, 2.24) is 0 Å². The Hall–Kier alpha value is -5.40. The number of ether oxygens (including phenoxy) is 3. The molecule has 0 aliphatic carbocycles. The number of aliphatic hydroxyl groups is 1. The number of phenols is 2. The summed E-state index contributed by atoms with van der Waals surface area (Å²) in [5.41, 5.74) is 0.321. The maximum Gasteiger partial charge on any atom is 0.339 e. The highest BCUT2D eigenvalue weighted by atomic mass is 32.2. The van der Waals surface area contributed by atoms with Gasteiger partial charge >= 0.3 is 10.1 Å². The Morgan fingerprint density at radius 2 is 1.62 bits per heavy atom. The van der Waals surface area contributed by atoms with Crippen LogP contribution in [0.15, 0.2) is 86.9 Å². The summed E-state index contributed by atoms with van der Waals surface area (Å²) in [7, 11) is -2.91. The number of aromatic hydroxyl groups is 3. The van der Waals surface area contributed by atoms with Gasteiger partial charge in [-0.05, 0) is 49.4 Å². The molecule has 13 heteroatoms. The van der Waals surface area contributed by atoms with Crippen LogP contribution in [0, 0.1) is 6.92 Å². The summed E-state index contributed by atoms with van der Waals surface area (Å²) in [6.45, 7) is 1.40. The van der Waals surface area contributed by atoms with Crippen molar-refractivity contribution in [3.63, 3.8) is 0 Å². The second kappa shape index (κ2) is 11.3. The fraction of sp³-hybridized carbons (Fsp3) is 0.156. The minimum Gasteiger partial charge on any atom is -0.507 e. The molecule has 1 aliphatic heterocycles. The first-order valence-electron chi connectivity index (χ1n) is 13.5. The summed E-state index contributed by atoms with van der Waals surface area (Å²) >= 11 is 0. The maximum atomic E-state index is 13.1. The third-order valence-corrected chi connectivity index (χ3v) is 8.49. The van der Waals surface area contributed by atoms with Crippen molar-refractivity contribution < 1.29 is 51.7 Å². The molecule has 232 valence electrons. The number of hydrogen-bond donors (Lipinski definition) is 4. The van der Waals surface area contributed by atoms with Gasteiger partial charge in [-0.3, -0.25) is 4.79 Å². The largest absolute Gasteiger partial charge is 0.507 e. The van der Waals surface area contributed by atoms with Crippen LogP contribution >= 0.6 is 0 Å². The summed E-state index contributed by atoms with van der Waals surface area (Å²) in [5, 5.41) is 41.0. The van der Waals surface area contributed by atoms with Crippen molar-refractivity contribution in [2.75, 3.05) is 13.7 Å². The van der Waals surface area contributed by atoms with Gasteiger partial charge in [0.05, 0.1) is 13.7 Å². The third-order valence-electron chi connectivity index (χ3n) is 7.23. The predicted molar refractivity (Wildman–Crippen MR) is 160 cm³/mol. The van der Waals surface area contributed by atoms with Crippen LogP contribution in [0.2, 0.25) is 0 Å². The fourth-order valence-corrected chi connectivity index (χ4v) is 5.87. The first kappa shape index (κ1) is 29.7. The van der Waals surface area contributed by atoms with Gasteiger partial charge in [0, 0.05) is 23.3 Å². The second-order valence-electron chi connectivity index (χ2n) is 10.2. The lowest BCUT2D eigenvalue weighted by molar-refractivity contribution is -0.0123. The number of phenolic OH excluding ortho intramolecular Hbond substituents is 2. The van der Waals surface area contributed by atoms with Crippen molar-refractivity contribution in [3.8, 4) is 51.6 Å². The molecule has 0 saturated carbocycles. The zero-order valence-electron chi connectivity index (χ0n) is 23.8. The predicted octanol–water partition coefficient (Wildman–Crippen LogP) is 4.53.